The van der Waals surface area contributed by atoms with Gasteiger partial charge in [0, 0.05) is 18.5 Å². The van der Waals surface area contributed by atoms with E-state index >= 15 is 0 Å². The van der Waals surface area contributed by atoms with Crippen LogP contribution in [0.25, 0.3) is 0 Å². The molecule has 0 aliphatic heterocycles. The molecule has 1 aromatic rings. The van der Waals surface area contributed by atoms with Gasteiger partial charge in [-0.3, -0.25) is 4.79 Å². The molecule has 0 spiro atoms. The summed E-state index contributed by atoms with van der Waals surface area (Å²) in [5.41, 5.74) is 6.79. The minimum Gasteiger partial charge on any atom is -0.350 e. The maximum absolute atomic E-state index is 12.4. The number of nitrogens with two attached hydrogens (primary N) is 1. The van der Waals surface area contributed by atoms with Crippen molar-refractivity contribution >= 4 is 5.91 Å². The summed E-state index contributed by atoms with van der Waals surface area (Å²) >= 11 is 0. The molecule has 1 amide bonds. The van der Waals surface area contributed by atoms with E-state index < -0.39 is 0 Å². The predicted molar refractivity (Wildman–Crippen MR) is 89.1 cm³/mol. The summed E-state index contributed by atoms with van der Waals surface area (Å²) in [7, 11) is 0. The molecule has 3 N–H and O–H groups in total. The molecule has 0 bridgehead atoms. The van der Waals surface area contributed by atoms with Crippen molar-refractivity contribution in [3.63, 3.8) is 0 Å². The fourth-order valence-electron chi connectivity index (χ4n) is 2.92. The van der Waals surface area contributed by atoms with E-state index in [9.17, 15) is 4.79 Å². The maximum Gasteiger partial charge on any atom is 0.221 e. The lowest BCUT2D eigenvalue weighted by Crippen LogP contribution is -2.52. The van der Waals surface area contributed by atoms with Gasteiger partial charge in [0.25, 0.3) is 0 Å². The SMILES string of the molecule is CCC(CC(=O)NC(C)(CN)CC(C)C)c1ccccc1. The van der Waals surface area contributed by atoms with Crippen LogP contribution in [0.4, 0.5) is 0 Å². The number of benzene rings is 1. The number of hydrogen-bond donors (Lipinski definition) is 2. The fraction of sp³-hybridized carbons (Fsp3) is 0.611. The molecule has 0 saturated heterocycles. The van der Waals surface area contributed by atoms with E-state index in [0.717, 1.165) is 12.8 Å². The highest BCUT2D eigenvalue weighted by molar-refractivity contribution is 5.77. The Kier molecular flexibility index (Phi) is 6.90. The molecule has 0 aliphatic carbocycles. The van der Waals surface area contributed by atoms with Crippen molar-refractivity contribution in [3.05, 3.63) is 35.9 Å². The van der Waals surface area contributed by atoms with E-state index in [1.807, 2.05) is 25.1 Å². The molecule has 0 saturated carbocycles. The van der Waals surface area contributed by atoms with Crippen molar-refractivity contribution in [2.24, 2.45) is 11.7 Å². The molecule has 0 heterocycles. The predicted octanol–water partition coefficient (Wildman–Crippen LogP) is 3.45. The van der Waals surface area contributed by atoms with Gasteiger partial charge in [0.1, 0.15) is 0 Å². The third kappa shape index (κ3) is 5.88. The van der Waals surface area contributed by atoms with Gasteiger partial charge in [0.2, 0.25) is 5.91 Å². The van der Waals surface area contributed by atoms with E-state index in [1.165, 1.54) is 5.56 Å². The molecule has 21 heavy (non-hydrogen) atoms. The minimum absolute atomic E-state index is 0.0966. The normalized spacial score (nSPS) is 15.5. The number of amides is 1. The molecule has 3 heteroatoms. The highest BCUT2D eigenvalue weighted by Gasteiger charge is 2.26. The van der Waals surface area contributed by atoms with Crippen LogP contribution in [0.5, 0.6) is 0 Å². The van der Waals surface area contributed by atoms with Gasteiger partial charge in [-0.15, -0.1) is 0 Å². The molecule has 1 aromatic carbocycles. The highest BCUT2D eigenvalue weighted by atomic mass is 16.1. The number of nitrogens with one attached hydrogen (secondary N) is 1. The van der Waals surface area contributed by atoms with Crippen molar-refractivity contribution in [2.45, 2.75) is 58.4 Å². The van der Waals surface area contributed by atoms with Crippen LogP contribution in [-0.2, 0) is 4.79 Å². The molecule has 3 nitrogen and oxygen atoms in total. The fourth-order valence-corrected chi connectivity index (χ4v) is 2.92. The topological polar surface area (TPSA) is 55.1 Å². The van der Waals surface area contributed by atoms with Crippen molar-refractivity contribution < 1.29 is 4.79 Å². The van der Waals surface area contributed by atoms with Crippen molar-refractivity contribution in [3.8, 4) is 0 Å². The standard InChI is InChI=1S/C18H30N2O/c1-5-15(16-9-7-6-8-10-16)11-17(21)20-18(4,13-19)12-14(2)3/h6-10,14-15H,5,11-13,19H2,1-4H3,(H,20,21). The Balaban J connectivity index is 2.66. The number of carbonyl (C=O) groups excluding carboxylic acids is 1. The largest absolute Gasteiger partial charge is 0.350 e. The molecule has 118 valence electrons. The number of hydrogen-bond acceptors (Lipinski definition) is 2. The Morgan fingerprint density at radius 1 is 1.29 bits per heavy atom. The van der Waals surface area contributed by atoms with Gasteiger partial charge in [0.15, 0.2) is 0 Å². The summed E-state index contributed by atoms with van der Waals surface area (Å²) in [6, 6.07) is 10.2. The summed E-state index contributed by atoms with van der Waals surface area (Å²) in [5.74, 6) is 0.876. The minimum atomic E-state index is -0.305. The number of carbonyl (C=O) groups is 1. The first-order valence-electron chi connectivity index (χ1n) is 7.96. The van der Waals surface area contributed by atoms with Crippen molar-refractivity contribution in [1.82, 2.24) is 5.32 Å². The lowest BCUT2D eigenvalue weighted by Gasteiger charge is -2.32. The third-order valence-electron chi connectivity index (χ3n) is 3.95. The van der Waals surface area contributed by atoms with Crippen LogP contribution < -0.4 is 11.1 Å². The van der Waals surface area contributed by atoms with Crippen LogP contribution >= 0.6 is 0 Å². The van der Waals surface area contributed by atoms with Gasteiger partial charge in [-0.05, 0) is 37.2 Å². The van der Waals surface area contributed by atoms with Gasteiger partial charge in [-0.2, -0.15) is 0 Å². The van der Waals surface area contributed by atoms with Crippen molar-refractivity contribution in [2.75, 3.05) is 6.54 Å². The van der Waals surface area contributed by atoms with E-state index in [4.69, 9.17) is 5.73 Å². The molecule has 1 rings (SSSR count). The first-order valence-corrected chi connectivity index (χ1v) is 7.96. The first kappa shape index (κ1) is 17.7. The molecule has 2 unspecified atom stereocenters. The van der Waals surface area contributed by atoms with E-state index in [0.29, 0.717) is 18.9 Å². The maximum atomic E-state index is 12.4. The van der Waals surface area contributed by atoms with E-state index in [2.05, 4.69) is 38.2 Å². The van der Waals surface area contributed by atoms with Crippen LogP contribution in [0, 0.1) is 5.92 Å². The second kappa shape index (κ2) is 8.18. The zero-order valence-corrected chi connectivity index (χ0v) is 13.9. The zero-order valence-electron chi connectivity index (χ0n) is 13.9. The quantitative estimate of drug-likeness (QED) is 0.770. The molecular formula is C18H30N2O. The van der Waals surface area contributed by atoms with Gasteiger partial charge in [0.05, 0.1) is 0 Å². The summed E-state index contributed by atoms with van der Waals surface area (Å²) in [5, 5.41) is 3.15. The molecule has 2 atom stereocenters. The molecule has 0 fully saturated rings. The van der Waals surface area contributed by atoms with E-state index in [-0.39, 0.29) is 17.4 Å². The van der Waals surface area contributed by atoms with Crippen LogP contribution in [0.15, 0.2) is 30.3 Å². The van der Waals surface area contributed by atoms with E-state index in [1.54, 1.807) is 0 Å². The lowest BCUT2D eigenvalue weighted by atomic mass is 9.89. The Labute approximate surface area is 129 Å². The third-order valence-corrected chi connectivity index (χ3v) is 3.95. The van der Waals surface area contributed by atoms with Gasteiger partial charge in [-0.25, -0.2) is 0 Å². The van der Waals surface area contributed by atoms with Crippen LogP contribution in [0.3, 0.4) is 0 Å². The zero-order chi connectivity index (χ0) is 15.9. The van der Waals surface area contributed by atoms with Crippen LogP contribution in [0.1, 0.15) is 58.4 Å². The summed E-state index contributed by atoms with van der Waals surface area (Å²) < 4.78 is 0. The van der Waals surface area contributed by atoms with Crippen LogP contribution in [0.2, 0.25) is 0 Å². The van der Waals surface area contributed by atoms with Crippen LogP contribution in [-0.4, -0.2) is 18.0 Å². The molecule has 0 aromatic heterocycles. The van der Waals surface area contributed by atoms with Gasteiger partial charge < -0.3 is 11.1 Å². The Morgan fingerprint density at radius 2 is 1.90 bits per heavy atom. The smallest absolute Gasteiger partial charge is 0.221 e. The summed E-state index contributed by atoms with van der Waals surface area (Å²) in [6.45, 7) is 8.94. The second-order valence-corrected chi connectivity index (χ2v) is 6.63. The summed E-state index contributed by atoms with van der Waals surface area (Å²) in [6.07, 6.45) is 2.38. The number of rotatable bonds is 8. The lowest BCUT2D eigenvalue weighted by molar-refractivity contribution is -0.123. The average molecular weight is 290 g/mol. The molecule has 0 radical (unpaired) electrons. The van der Waals surface area contributed by atoms with Gasteiger partial charge >= 0.3 is 0 Å². The monoisotopic (exact) mass is 290 g/mol. The van der Waals surface area contributed by atoms with Crippen molar-refractivity contribution in [1.29, 1.82) is 0 Å². The Morgan fingerprint density at radius 3 is 2.38 bits per heavy atom. The van der Waals surface area contributed by atoms with Gasteiger partial charge in [-0.1, -0.05) is 51.1 Å². The average Bonchev–Trinajstić information content (AvgIpc) is 2.44. The molecule has 0 aliphatic rings. The molecular weight excluding hydrogens is 260 g/mol. The Bertz CT molecular complexity index is 430. The second-order valence-electron chi connectivity index (χ2n) is 6.63. The summed E-state index contributed by atoms with van der Waals surface area (Å²) in [4.78, 5) is 12.4. The highest BCUT2D eigenvalue weighted by Crippen LogP contribution is 2.24. The first-order chi connectivity index (χ1) is 9.90. The Hall–Kier alpha value is -1.35.